The van der Waals surface area contributed by atoms with Gasteiger partial charge >= 0.3 is 0 Å². The molecule has 8 heteroatoms. The van der Waals surface area contributed by atoms with E-state index in [1.807, 2.05) is 44.3 Å². The Bertz CT molecular complexity index is 849. The lowest BCUT2D eigenvalue weighted by Gasteiger charge is -2.33. The summed E-state index contributed by atoms with van der Waals surface area (Å²) in [6.45, 7) is 9.57. The Morgan fingerprint density at radius 1 is 1.10 bits per heavy atom. The highest BCUT2D eigenvalue weighted by Crippen LogP contribution is 2.29. The molecule has 1 aliphatic rings. The fourth-order valence-electron chi connectivity index (χ4n) is 3.27. The fourth-order valence-corrected chi connectivity index (χ4v) is 3.27. The zero-order valence-electron chi connectivity index (χ0n) is 18.1. The Kier molecular flexibility index (Phi) is 7.73. The van der Waals surface area contributed by atoms with Crippen LogP contribution in [0.25, 0.3) is 0 Å². The van der Waals surface area contributed by atoms with E-state index in [1.165, 1.54) is 0 Å². The summed E-state index contributed by atoms with van der Waals surface area (Å²) in [5.74, 6) is 2.77. The number of likely N-dealkylation sites (N-methyl/N-ethyl adjacent to an activating group) is 1. The molecule has 3 N–H and O–H groups in total. The van der Waals surface area contributed by atoms with Crippen LogP contribution in [0, 0.1) is 0 Å². The molecular weight excluding hydrogens is 380 g/mol. The van der Waals surface area contributed by atoms with E-state index in [9.17, 15) is 0 Å². The first-order valence-corrected chi connectivity index (χ1v) is 10.4. The summed E-state index contributed by atoms with van der Waals surface area (Å²) in [7, 11) is 2.15. The van der Waals surface area contributed by atoms with Gasteiger partial charge in [0.05, 0.1) is 25.4 Å². The predicted octanol–water partition coefficient (Wildman–Crippen LogP) is 2.56. The maximum atomic E-state index is 6.15. The summed E-state index contributed by atoms with van der Waals surface area (Å²) in [5.41, 5.74) is 7.95. The lowest BCUT2D eigenvalue weighted by Crippen LogP contribution is -2.44. The van der Waals surface area contributed by atoms with Gasteiger partial charge in [0, 0.05) is 38.4 Å². The molecular formula is C22H32N6O2. The number of anilines is 2. The minimum atomic E-state index is 0.322. The van der Waals surface area contributed by atoms with E-state index in [1.54, 1.807) is 0 Å². The minimum Gasteiger partial charge on any atom is -0.494 e. The molecule has 0 saturated carbocycles. The van der Waals surface area contributed by atoms with Crippen LogP contribution in [0.15, 0.2) is 41.5 Å². The van der Waals surface area contributed by atoms with Crippen molar-refractivity contribution in [1.29, 1.82) is 0 Å². The number of aromatic nitrogens is 1. The maximum absolute atomic E-state index is 6.15. The van der Waals surface area contributed by atoms with E-state index in [2.05, 4.69) is 38.2 Å². The van der Waals surface area contributed by atoms with Crippen molar-refractivity contribution in [3.8, 4) is 11.5 Å². The molecule has 0 atom stereocenters. The molecule has 2 aromatic rings. The largest absolute Gasteiger partial charge is 0.494 e. The molecule has 0 bridgehead atoms. The Balaban J connectivity index is 1.67. The number of piperazine rings is 1. The second kappa shape index (κ2) is 10.7. The maximum Gasteiger partial charge on any atom is 0.193 e. The van der Waals surface area contributed by atoms with Gasteiger partial charge in [-0.2, -0.15) is 0 Å². The number of rotatable bonds is 8. The summed E-state index contributed by atoms with van der Waals surface area (Å²) < 4.78 is 11.3. The van der Waals surface area contributed by atoms with Gasteiger partial charge in [-0.25, -0.2) is 9.98 Å². The molecule has 1 saturated heterocycles. The number of nitrogens with zero attached hydrogens (tertiary/aromatic N) is 4. The van der Waals surface area contributed by atoms with Crippen molar-refractivity contribution in [3.63, 3.8) is 0 Å². The summed E-state index contributed by atoms with van der Waals surface area (Å²) in [6, 6.07) is 9.68. The minimum absolute atomic E-state index is 0.322. The molecule has 162 valence electrons. The molecule has 1 fully saturated rings. The van der Waals surface area contributed by atoms with Crippen molar-refractivity contribution in [2.24, 2.45) is 10.7 Å². The van der Waals surface area contributed by atoms with E-state index in [-0.39, 0.29) is 0 Å². The predicted molar refractivity (Wildman–Crippen MR) is 122 cm³/mol. The fraction of sp³-hybridized carbons (Fsp3) is 0.455. The van der Waals surface area contributed by atoms with E-state index < -0.39 is 0 Å². The second-order valence-electron chi connectivity index (χ2n) is 7.16. The van der Waals surface area contributed by atoms with Gasteiger partial charge in [0.15, 0.2) is 5.96 Å². The van der Waals surface area contributed by atoms with Gasteiger partial charge in [-0.3, -0.25) is 0 Å². The molecule has 0 aliphatic carbocycles. The molecule has 0 amide bonds. The highest BCUT2D eigenvalue weighted by atomic mass is 16.5. The lowest BCUT2D eigenvalue weighted by molar-refractivity contribution is 0.312. The number of ether oxygens (including phenoxy) is 2. The summed E-state index contributed by atoms with van der Waals surface area (Å²) in [6.07, 6.45) is 1.83. The standard InChI is InChI=1S/C22H32N6O2/c1-4-29-18-6-7-20(30-5-2)19(15-18)26-22(23)25-16-17-8-9-24-21(14-17)28-12-10-27(3)11-13-28/h6-9,14-15H,4-5,10-13,16H2,1-3H3,(H3,23,25,26). The van der Waals surface area contributed by atoms with Crippen molar-refractivity contribution < 1.29 is 9.47 Å². The molecule has 1 aromatic carbocycles. The third-order valence-corrected chi connectivity index (χ3v) is 4.89. The smallest absolute Gasteiger partial charge is 0.193 e. The molecule has 1 aromatic heterocycles. The molecule has 30 heavy (non-hydrogen) atoms. The Labute approximate surface area is 178 Å². The van der Waals surface area contributed by atoms with E-state index in [4.69, 9.17) is 15.2 Å². The summed E-state index contributed by atoms with van der Waals surface area (Å²) >= 11 is 0. The highest BCUT2D eigenvalue weighted by Gasteiger charge is 2.15. The average molecular weight is 413 g/mol. The van der Waals surface area contributed by atoms with E-state index >= 15 is 0 Å². The molecule has 0 radical (unpaired) electrons. The lowest BCUT2D eigenvalue weighted by atomic mass is 10.2. The van der Waals surface area contributed by atoms with E-state index in [0.717, 1.165) is 49.0 Å². The van der Waals surface area contributed by atoms with Crippen molar-refractivity contribution in [3.05, 3.63) is 42.1 Å². The van der Waals surface area contributed by atoms with Crippen LogP contribution in [-0.2, 0) is 6.54 Å². The third kappa shape index (κ3) is 6.00. The van der Waals surface area contributed by atoms with Gasteiger partial charge in [-0.1, -0.05) is 0 Å². The summed E-state index contributed by atoms with van der Waals surface area (Å²) in [4.78, 5) is 13.7. The van der Waals surface area contributed by atoms with Crippen molar-refractivity contribution in [2.45, 2.75) is 20.4 Å². The SMILES string of the molecule is CCOc1ccc(OCC)c(NC(N)=NCc2ccnc(N3CCN(C)CC3)c2)c1. The number of guanidine groups is 1. The van der Waals surface area contributed by atoms with Gasteiger partial charge in [0.1, 0.15) is 17.3 Å². The van der Waals surface area contributed by atoms with Crippen LogP contribution >= 0.6 is 0 Å². The number of hydrogen-bond donors (Lipinski definition) is 2. The number of pyridine rings is 1. The van der Waals surface area contributed by atoms with Crippen LogP contribution < -0.4 is 25.4 Å². The van der Waals surface area contributed by atoms with Gasteiger partial charge in [-0.15, -0.1) is 0 Å². The van der Waals surface area contributed by atoms with E-state index in [0.29, 0.717) is 31.5 Å². The number of benzene rings is 1. The quantitative estimate of drug-likeness (QED) is 0.509. The average Bonchev–Trinajstić information content (AvgIpc) is 2.75. The van der Waals surface area contributed by atoms with Crippen LogP contribution in [0.3, 0.4) is 0 Å². The zero-order chi connectivity index (χ0) is 21.3. The number of nitrogens with one attached hydrogen (secondary N) is 1. The monoisotopic (exact) mass is 412 g/mol. The molecule has 2 heterocycles. The van der Waals surface area contributed by atoms with Crippen LogP contribution in [-0.4, -0.2) is 62.3 Å². The Morgan fingerprint density at radius 2 is 1.87 bits per heavy atom. The molecule has 1 aliphatic heterocycles. The van der Waals surface area contributed by atoms with Crippen LogP contribution in [0.2, 0.25) is 0 Å². The van der Waals surface area contributed by atoms with Gasteiger partial charge in [0.25, 0.3) is 0 Å². The Hall–Kier alpha value is -3.00. The molecule has 8 nitrogen and oxygen atoms in total. The Morgan fingerprint density at radius 3 is 2.60 bits per heavy atom. The first-order chi connectivity index (χ1) is 14.6. The normalized spacial score (nSPS) is 15.2. The number of nitrogens with two attached hydrogens (primary N) is 1. The number of aliphatic imine (C=N–C) groups is 1. The summed E-state index contributed by atoms with van der Waals surface area (Å²) in [5, 5.41) is 3.14. The van der Waals surface area contributed by atoms with Gasteiger partial charge in [-0.05, 0) is 50.7 Å². The van der Waals surface area contributed by atoms with Gasteiger partial charge in [0.2, 0.25) is 0 Å². The molecule has 0 spiro atoms. The van der Waals surface area contributed by atoms with Crippen molar-refractivity contribution >= 4 is 17.5 Å². The highest BCUT2D eigenvalue weighted by molar-refractivity contribution is 5.94. The van der Waals surface area contributed by atoms with Crippen LogP contribution in [0.4, 0.5) is 11.5 Å². The van der Waals surface area contributed by atoms with Crippen LogP contribution in [0.1, 0.15) is 19.4 Å². The zero-order valence-corrected chi connectivity index (χ0v) is 18.1. The third-order valence-electron chi connectivity index (χ3n) is 4.89. The van der Waals surface area contributed by atoms with Crippen molar-refractivity contribution in [1.82, 2.24) is 9.88 Å². The van der Waals surface area contributed by atoms with Crippen LogP contribution in [0.5, 0.6) is 11.5 Å². The molecule has 3 rings (SSSR count). The first kappa shape index (κ1) is 21.7. The molecule has 0 unspecified atom stereocenters. The number of hydrogen-bond acceptors (Lipinski definition) is 6. The van der Waals surface area contributed by atoms with Crippen molar-refractivity contribution in [2.75, 3.05) is 56.7 Å². The van der Waals surface area contributed by atoms with Gasteiger partial charge < -0.3 is 30.3 Å². The second-order valence-corrected chi connectivity index (χ2v) is 7.16. The topological polar surface area (TPSA) is 88.2 Å². The first-order valence-electron chi connectivity index (χ1n) is 10.4.